The number of nitrogens with zero attached hydrogens (tertiary/aromatic N) is 2. The Hall–Kier alpha value is -3.31. The van der Waals surface area contributed by atoms with Crippen molar-refractivity contribution in [2.45, 2.75) is 26.8 Å². The number of hydrogen-bond acceptors (Lipinski definition) is 4. The SMILES string of the molecule is CCCOc1ccccc1/C=C1/SC(=Nc2ccc(C)cc2)N(Cc2ccccc2)C1=O. The van der Waals surface area contributed by atoms with Gasteiger partial charge in [0.15, 0.2) is 5.17 Å². The van der Waals surface area contributed by atoms with Crippen LogP contribution in [0.5, 0.6) is 5.75 Å². The highest BCUT2D eigenvalue weighted by atomic mass is 32.2. The van der Waals surface area contributed by atoms with E-state index in [1.807, 2.05) is 91.9 Å². The molecule has 1 fully saturated rings. The molecule has 0 atom stereocenters. The molecular formula is C27H26N2O2S. The van der Waals surface area contributed by atoms with E-state index in [1.54, 1.807) is 4.90 Å². The van der Waals surface area contributed by atoms with Crippen LogP contribution >= 0.6 is 11.8 Å². The second kappa shape index (κ2) is 10.3. The van der Waals surface area contributed by atoms with Crippen molar-refractivity contribution in [3.05, 3.63) is 100 Å². The van der Waals surface area contributed by atoms with Crippen molar-refractivity contribution in [1.82, 2.24) is 4.90 Å². The van der Waals surface area contributed by atoms with Gasteiger partial charge in [0.05, 0.1) is 23.7 Å². The predicted octanol–water partition coefficient (Wildman–Crippen LogP) is 6.59. The minimum absolute atomic E-state index is 0.0463. The van der Waals surface area contributed by atoms with Gasteiger partial charge in [-0.1, -0.05) is 73.2 Å². The average Bonchev–Trinajstić information content (AvgIpc) is 3.09. The maximum absolute atomic E-state index is 13.4. The normalized spacial score (nSPS) is 16.2. The van der Waals surface area contributed by atoms with Crippen LogP contribution in [0.25, 0.3) is 6.08 Å². The molecule has 0 spiro atoms. The van der Waals surface area contributed by atoms with E-state index in [1.165, 1.54) is 17.3 Å². The average molecular weight is 443 g/mol. The summed E-state index contributed by atoms with van der Waals surface area (Å²) in [5.41, 5.74) is 3.96. The van der Waals surface area contributed by atoms with Crippen molar-refractivity contribution < 1.29 is 9.53 Å². The number of amides is 1. The Labute approximate surface area is 193 Å². The molecule has 4 rings (SSSR count). The summed E-state index contributed by atoms with van der Waals surface area (Å²) in [6.07, 6.45) is 2.84. The third-order valence-electron chi connectivity index (χ3n) is 5.00. The lowest BCUT2D eigenvalue weighted by atomic mass is 10.1. The number of para-hydroxylation sites is 1. The van der Waals surface area contributed by atoms with Crippen molar-refractivity contribution in [2.75, 3.05) is 6.61 Å². The molecule has 1 saturated heterocycles. The first-order chi connectivity index (χ1) is 15.6. The zero-order valence-corrected chi connectivity index (χ0v) is 19.1. The lowest BCUT2D eigenvalue weighted by molar-refractivity contribution is -0.122. The highest BCUT2D eigenvalue weighted by Gasteiger charge is 2.33. The minimum atomic E-state index is -0.0463. The summed E-state index contributed by atoms with van der Waals surface area (Å²) >= 11 is 1.40. The number of ether oxygens (including phenoxy) is 1. The number of carbonyl (C=O) groups excluding carboxylic acids is 1. The van der Waals surface area contributed by atoms with Gasteiger partial charge in [-0.3, -0.25) is 9.69 Å². The number of carbonyl (C=O) groups is 1. The first-order valence-electron chi connectivity index (χ1n) is 10.8. The standard InChI is InChI=1S/C27H26N2O2S/c1-3-17-31-24-12-8-7-11-22(24)18-25-26(30)29(19-21-9-5-4-6-10-21)27(32-25)28-23-15-13-20(2)14-16-23/h4-16,18H,3,17,19H2,1-2H3/b25-18+,28-27?. The lowest BCUT2D eigenvalue weighted by Crippen LogP contribution is -2.28. The lowest BCUT2D eigenvalue weighted by Gasteiger charge is -2.15. The van der Waals surface area contributed by atoms with Crippen molar-refractivity contribution >= 4 is 34.6 Å². The molecule has 1 heterocycles. The Bertz CT molecular complexity index is 1140. The van der Waals surface area contributed by atoms with Gasteiger partial charge in [-0.15, -0.1) is 0 Å². The number of benzene rings is 3. The molecule has 162 valence electrons. The molecule has 0 unspecified atom stereocenters. The van der Waals surface area contributed by atoms with Gasteiger partial charge in [-0.2, -0.15) is 0 Å². The molecule has 3 aromatic carbocycles. The molecule has 5 heteroatoms. The molecular weight excluding hydrogens is 416 g/mol. The molecule has 4 nitrogen and oxygen atoms in total. The summed E-state index contributed by atoms with van der Waals surface area (Å²) in [7, 11) is 0. The van der Waals surface area contributed by atoms with E-state index >= 15 is 0 Å². The van der Waals surface area contributed by atoms with E-state index in [2.05, 4.69) is 6.92 Å². The molecule has 3 aromatic rings. The van der Waals surface area contributed by atoms with Gasteiger partial charge in [-0.25, -0.2) is 4.99 Å². The highest BCUT2D eigenvalue weighted by Crippen LogP contribution is 2.36. The molecule has 32 heavy (non-hydrogen) atoms. The van der Waals surface area contributed by atoms with Gasteiger partial charge >= 0.3 is 0 Å². The van der Waals surface area contributed by atoms with Crippen molar-refractivity contribution in [3.8, 4) is 5.75 Å². The number of hydrogen-bond donors (Lipinski definition) is 0. The topological polar surface area (TPSA) is 41.9 Å². The molecule has 0 bridgehead atoms. The Morgan fingerprint density at radius 3 is 2.44 bits per heavy atom. The Morgan fingerprint density at radius 2 is 1.69 bits per heavy atom. The van der Waals surface area contributed by atoms with Crippen LogP contribution in [0.2, 0.25) is 0 Å². The molecule has 0 aliphatic carbocycles. The molecule has 0 saturated carbocycles. The van der Waals surface area contributed by atoms with Gasteiger partial charge in [0, 0.05) is 5.56 Å². The molecule has 0 aromatic heterocycles. The van der Waals surface area contributed by atoms with Crippen LogP contribution in [-0.4, -0.2) is 22.6 Å². The Balaban J connectivity index is 1.69. The second-order valence-corrected chi connectivity index (χ2v) is 8.61. The summed E-state index contributed by atoms with van der Waals surface area (Å²) in [4.78, 5) is 20.6. The van der Waals surface area contributed by atoms with Crippen LogP contribution in [0, 0.1) is 6.92 Å². The fourth-order valence-corrected chi connectivity index (χ4v) is 4.30. The fourth-order valence-electron chi connectivity index (χ4n) is 3.31. The monoisotopic (exact) mass is 442 g/mol. The fraction of sp³-hybridized carbons (Fsp3) is 0.185. The number of amidine groups is 1. The summed E-state index contributed by atoms with van der Waals surface area (Å²) in [5.74, 6) is 0.740. The summed E-state index contributed by atoms with van der Waals surface area (Å²) in [6.45, 7) is 5.24. The van der Waals surface area contributed by atoms with Gasteiger partial charge in [0.2, 0.25) is 0 Å². The quantitative estimate of drug-likeness (QED) is 0.388. The van der Waals surface area contributed by atoms with E-state index in [9.17, 15) is 4.79 Å². The molecule has 1 aliphatic heterocycles. The van der Waals surface area contributed by atoms with E-state index < -0.39 is 0 Å². The second-order valence-electron chi connectivity index (χ2n) is 7.60. The zero-order valence-electron chi connectivity index (χ0n) is 18.3. The van der Waals surface area contributed by atoms with Crippen LogP contribution in [0.4, 0.5) is 5.69 Å². The first-order valence-corrected chi connectivity index (χ1v) is 11.6. The number of rotatable bonds is 7. The Kier molecular flexibility index (Phi) is 7.07. The van der Waals surface area contributed by atoms with Gasteiger partial charge in [-0.05, 0) is 54.9 Å². The van der Waals surface area contributed by atoms with Crippen molar-refractivity contribution in [1.29, 1.82) is 0 Å². The number of aliphatic imine (C=N–C) groups is 1. The summed E-state index contributed by atoms with van der Waals surface area (Å²) in [5, 5.41) is 0.681. The van der Waals surface area contributed by atoms with Gasteiger partial charge < -0.3 is 4.74 Å². The third-order valence-corrected chi connectivity index (χ3v) is 6.00. The number of aryl methyl sites for hydroxylation is 1. The first kappa shape index (κ1) is 21.9. The summed E-state index contributed by atoms with van der Waals surface area (Å²) < 4.78 is 5.88. The summed E-state index contributed by atoms with van der Waals surface area (Å²) in [6, 6.07) is 25.8. The largest absolute Gasteiger partial charge is 0.493 e. The van der Waals surface area contributed by atoms with Crippen LogP contribution in [0.3, 0.4) is 0 Å². The van der Waals surface area contributed by atoms with Crippen molar-refractivity contribution in [3.63, 3.8) is 0 Å². The molecule has 1 amide bonds. The van der Waals surface area contributed by atoms with Gasteiger partial charge in [0.25, 0.3) is 5.91 Å². The van der Waals surface area contributed by atoms with Crippen LogP contribution in [0.15, 0.2) is 88.8 Å². The maximum Gasteiger partial charge on any atom is 0.267 e. The van der Waals surface area contributed by atoms with Crippen molar-refractivity contribution in [2.24, 2.45) is 4.99 Å². The number of thioether (sulfide) groups is 1. The molecule has 0 radical (unpaired) electrons. The van der Waals surface area contributed by atoms with Gasteiger partial charge in [0.1, 0.15) is 5.75 Å². The Morgan fingerprint density at radius 1 is 0.969 bits per heavy atom. The smallest absolute Gasteiger partial charge is 0.267 e. The predicted molar refractivity (Wildman–Crippen MR) is 133 cm³/mol. The molecule has 0 N–H and O–H groups in total. The van der Waals surface area contributed by atoms with E-state index in [4.69, 9.17) is 9.73 Å². The maximum atomic E-state index is 13.4. The minimum Gasteiger partial charge on any atom is -0.493 e. The van der Waals surface area contributed by atoms with Crippen LogP contribution in [0.1, 0.15) is 30.0 Å². The highest BCUT2D eigenvalue weighted by molar-refractivity contribution is 8.18. The van der Waals surface area contributed by atoms with E-state index in [0.717, 1.165) is 29.0 Å². The van der Waals surface area contributed by atoms with Crippen LogP contribution < -0.4 is 4.74 Å². The van der Waals surface area contributed by atoms with Crippen LogP contribution in [-0.2, 0) is 11.3 Å². The third kappa shape index (κ3) is 5.29. The zero-order chi connectivity index (χ0) is 22.3. The van der Waals surface area contributed by atoms with E-state index in [0.29, 0.717) is 23.2 Å². The van der Waals surface area contributed by atoms with E-state index in [-0.39, 0.29) is 5.91 Å². The molecule has 1 aliphatic rings.